The zero-order valence-corrected chi connectivity index (χ0v) is 33.8. The van der Waals surface area contributed by atoms with E-state index < -0.39 is 30.2 Å². The van der Waals surface area contributed by atoms with Gasteiger partial charge in [0.15, 0.2) is 0 Å². The summed E-state index contributed by atoms with van der Waals surface area (Å²) in [7, 11) is 2.84. The molecular formula is C41H50F3N9O6. The number of piperazine rings is 1. The molecule has 0 saturated carbocycles. The lowest BCUT2D eigenvalue weighted by atomic mass is 10.00. The first kappa shape index (κ1) is 42.5. The molecule has 59 heavy (non-hydrogen) atoms. The van der Waals surface area contributed by atoms with Crippen LogP contribution in [0.1, 0.15) is 62.5 Å². The van der Waals surface area contributed by atoms with Crippen molar-refractivity contribution in [2.75, 3.05) is 50.6 Å². The van der Waals surface area contributed by atoms with Crippen molar-refractivity contribution < 1.29 is 41.8 Å². The quantitative estimate of drug-likeness (QED) is 0.205. The molecule has 1 unspecified atom stereocenters. The van der Waals surface area contributed by atoms with Gasteiger partial charge in [-0.05, 0) is 68.0 Å². The van der Waals surface area contributed by atoms with Crippen LogP contribution in [-0.2, 0) is 9.53 Å². The number of rotatable bonds is 10. The average Bonchev–Trinajstić information content (AvgIpc) is 3.90. The Labute approximate surface area is 340 Å². The summed E-state index contributed by atoms with van der Waals surface area (Å²) in [5.74, 6) is -0.157. The van der Waals surface area contributed by atoms with Gasteiger partial charge >= 0.3 is 18.5 Å². The fourth-order valence-corrected chi connectivity index (χ4v) is 7.75. The molecule has 0 bridgehead atoms. The second kappa shape index (κ2) is 17.8. The van der Waals surface area contributed by atoms with E-state index in [1.165, 1.54) is 25.4 Å². The summed E-state index contributed by atoms with van der Waals surface area (Å²) in [6.07, 6.45) is -2.81. The first-order valence-electron chi connectivity index (χ1n) is 19.6. The predicted molar refractivity (Wildman–Crippen MR) is 215 cm³/mol. The van der Waals surface area contributed by atoms with E-state index in [0.29, 0.717) is 49.8 Å². The summed E-state index contributed by atoms with van der Waals surface area (Å²) in [5, 5.41) is 11.3. The smallest absolute Gasteiger partial charge is 0.453 e. The number of amides is 5. The molecule has 0 spiro atoms. The van der Waals surface area contributed by atoms with Gasteiger partial charge in [0.2, 0.25) is 5.91 Å². The van der Waals surface area contributed by atoms with Crippen molar-refractivity contribution >= 4 is 41.3 Å². The van der Waals surface area contributed by atoms with E-state index in [4.69, 9.17) is 9.73 Å². The number of anilines is 2. The third kappa shape index (κ3) is 9.80. The van der Waals surface area contributed by atoms with Crippen LogP contribution in [0.3, 0.4) is 0 Å². The number of alkyl halides is 3. The topological polar surface area (TPSA) is 170 Å². The van der Waals surface area contributed by atoms with Gasteiger partial charge in [0.05, 0.1) is 24.8 Å². The molecule has 4 heterocycles. The Kier molecular flexibility index (Phi) is 12.9. The van der Waals surface area contributed by atoms with E-state index in [0.717, 1.165) is 18.1 Å². The molecule has 5 amide bonds. The highest BCUT2D eigenvalue weighted by Gasteiger charge is 2.40. The number of nitrogens with zero attached hydrogens (tertiary/aromatic N) is 5. The standard InChI is InChI=1S/C41H50F3N9O6/c1-23(2)35(50-40(57)58-6)38(55)51-17-7-8-32(51)36-47-20-31(49-36)27-11-9-26(10-12-27)30-15-14-29(18-33(30)59-41(42,43)44)48-37(54)28-13-16-34(46-19-28)52-21-25(4)53(22-24(52)3)39(56)45-5/h9-16,18-19,23-25,31-32,35H,7-8,17,20-22H2,1-6H3,(H,45,56)(H,47,49)(H,48,54)(H,50,57)/t24-,25+,31?,32+,35+/m1/s1. The average molecular weight is 822 g/mol. The molecule has 2 saturated heterocycles. The van der Waals surface area contributed by atoms with Crippen LogP contribution in [0, 0.1) is 5.92 Å². The monoisotopic (exact) mass is 821 g/mol. The van der Waals surface area contributed by atoms with Crippen molar-refractivity contribution in [1.29, 1.82) is 0 Å². The van der Waals surface area contributed by atoms with E-state index in [2.05, 4.69) is 35.9 Å². The lowest BCUT2D eigenvalue weighted by Gasteiger charge is -2.44. The number of benzene rings is 2. The normalized spacial score (nSPS) is 21.1. The molecule has 3 aliphatic rings. The summed E-state index contributed by atoms with van der Waals surface area (Å²) in [5.41, 5.74) is 1.71. The second-order valence-corrected chi connectivity index (χ2v) is 15.3. The van der Waals surface area contributed by atoms with Gasteiger partial charge in [-0.15, -0.1) is 13.2 Å². The number of carbonyl (C=O) groups is 4. The Morgan fingerprint density at radius 3 is 2.36 bits per heavy atom. The molecule has 15 nitrogen and oxygen atoms in total. The van der Waals surface area contributed by atoms with Crippen LogP contribution < -0.4 is 30.9 Å². The van der Waals surface area contributed by atoms with Crippen LogP contribution in [0.25, 0.3) is 11.1 Å². The molecule has 6 rings (SSSR count). The lowest BCUT2D eigenvalue weighted by molar-refractivity contribution is -0.274. The van der Waals surface area contributed by atoms with Crippen LogP contribution in [-0.4, -0.2) is 115 Å². The molecule has 2 aromatic carbocycles. The number of carbonyl (C=O) groups excluding carboxylic acids is 4. The Morgan fingerprint density at radius 2 is 1.71 bits per heavy atom. The number of methoxy groups -OCH3 is 1. The van der Waals surface area contributed by atoms with E-state index >= 15 is 0 Å². The number of halogens is 3. The maximum absolute atomic E-state index is 13.7. The zero-order chi connectivity index (χ0) is 42.6. The molecule has 3 aliphatic heterocycles. The fourth-order valence-electron chi connectivity index (χ4n) is 7.75. The highest BCUT2D eigenvalue weighted by atomic mass is 19.4. The highest BCUT2D eigenvalue weighted by Crippen LogP contribution is 2.37. The first-order valence-corrected chi connectivity index (χ1v) is 19.6. The molecule has 0 radical (unpaired) electrons. The number of nitrogens with one attached hydrogen (secondary N) is 4. The van der Waals surface area contributed by atoms with Gasteiger partial charge in [-0.25, -0.2) is 14.6 Å². The van der Waals surface area contributed by atoms with Crippen LogP contribution in [0.4, 0.5) is 34.3 Å². The van der Waals surface area contributed by atoms with E-state index in [1.54, 1.807) is 53.2 Å². The summed E-state index contributed by atoms with van der Waals surface area (Å²) < 4.78 is 50.2. The van der Waals surface area contributed by atoms with Crippen molar-refractivity contribution in [1.82, 2.24) is 30.7 Å². The Bertz CT molecular complexity index is 2050. The minimum Gasteiger partial charge on any atom is -0.453 e. The molecule has 5 atom stereocenters. The van der Waals surface area contributed by atoms with Crippen molar-refractivity contribution in [2.24, 2.45) is 10.9 Å². The number of aliphatic imine (C=N–C) groups is 1. The largest absolute Gasteiger partial charge is 0.573 e. The summed E-state index contributed by atoms with van der Waals surface area (Å²) >= 11 is 0. The third-order valence-electron chi connectivity index (χ3n) is 10.9. The maximum atomic E-state index is 13.7. The summed E-state index contributed by atoms with van der Waals surface area (Å²) in [6.45, 7) is 9.63. The summed E-state index contributed by atoms with van der Waals surface area (Å²) in [6, 6.07) is 12.7. The number of hydrogen-bond donors (Lipinski definition) is 4. The predicted octanol–water partition coefficient (Wildman–Crippen LogP) is 5.55. The van der Waals surface area contributed by atoms with Gasteiger partial charge in [0, 0.05) is 68.8 Å². The zero-order valence-electron chi connectivity index (χ0n) is 33.8. The van der Waals surface area contributed by atoms with E-state index in [-0.39, 0.29) is 58.8 Å². The maximum Gasteiger partial charge on any atom is 0.573 e. The number of urea groups is 1. The number of aromatic nitrogens is 1. The number of ether oxygens (including phenoxy) is 2. The van der Waals surface area contributed by atoms with Crippen LogP contribution in [0.15, 0.2) is 65.8 Å². The van der Waals surface area contributed by atoms with E-state index in [1.807, 2.05) is 27.7 Å². The van der Waals surface area contributed by atoms with Gasteiger partial charge in [-0.3, -0.25) is 14.6 Å². The second-order valence-electron chi connectivity index (χ2n) is 15.3. The number of amidine groups is 1. The van der Waals surface area contributed by atoms with Crippen molar-refractivity contribution in [3.63, 3.8) is 0 Å². The van der Waals surface area contributed by atoms with Crippen LogP contribution in [0.5, 0.6) is 5.75 Å². The Morgan fingerprint density at radius 1 is 0.966 bits per heavy atom. The summed E-state index contributed by atoms with van der Waals surface area (Å²) in [4.78, 5) is 65.9. The van der Waals surface area contributed by atoms with Gasteiger partial charge in [0.1, 0.15) is 23.4 Å². The molecular weight excluding hydrogens is 772 g/mol. The first-order chi connectivity index (χ1) is 28.1. The molecule has 18 heteroatoms. The van der Waals surface area contributed by atoms with Gasteiger partial charge in [-0.1, -0.05) is 38.1 Å². The van der Waals surface area contributed by atoms with Gasteiger partial charge in [0.25, 0.3) is 5.91 Å². The Hall–Kier alpha value is -6.07. The number of likely N-dealkylation sites (tertiary alicyclic amines) is 1. The minimum atomic E-state index is -5.00. The van der Waals surface area contributed by atoms with Crippen molar-refractivity contribution in [3.8, 4) is 16.9 Å². The van der Waals surface area contributed by atoms with Gasteiger partial charge < -0.3 is 45.4 Å². The number of alkyl carbamates (subject to hydrolysis) is 1. The molecule has 4 N–H and O–H groups in total. The third-order valence-corrected chi connectivity index (χ3v) is 10.9. The molecule has 3 aromatic rings. The molecule has 1 aromatic heterocycles. The highest BCUT2D eigenvalue weighted by molar-refractivity contribution is 6.04. The number of pyridine rings is 1. The Balaban J connectivity index is 1.13. The van der Waals surface area contributed by atoms with Crippen LogP contribution >= 0.6 is 0 Å². The van der Waals surface area contributed by atoms with Gasteiger partial charge in [-0.2, -0.15) is 0 Å². The van der Waals surface area contributed by atoms with E-state index in [9.17, 15) is 32.3 Å². The molecule has 2 fully saturated rings. The van der Waals surface area contributed by atoms with Crippen LogP contribution in [0.2, 0.25) is 0 Å². The lowest BCUT2D eigenvalue weighted by Crippen LogP contribution is -2.60. The molecule has 0 aliphatic carbocycles. The molecule has 316 valence electrons. The van der Waals surface area contributed by atoms with Crippen molar-refractivity contribution in [2.45, 2.75) is 77.1 Å². The fraction of sp³-hybridized carbons (Fsp3) is 0.463. The minimum absolute atomic E-state index is 0.0343. The SMILES string of the molecule is CNC(=O)N1C[C@@H](C)N(c2ccc(C(=O)Nc3ccc(-c4ccc(C5CNC([C@@H]6CCCN6C(=O)[C@@H](NC(=O)OC)C(C)C)=N5)cc4)c(OC(F)(F)F)c3)cn2)C[C@@H]1C. The number of hydrogen-bond acceptors (Lipinski definition) is 10. The van der Waals surface area contributed by atoms with Crippen molar-refractivity contribution in [3.05, 3.63) is 71.9 Å².